The van der Waals surface area contributed by atoms with Gasteiger partial charge in [-0.25, -0.2) is 10.9 Å². The summed E-state index contributed by atoms with van der Waals surface area (Å²) in [6, 6.07) is 7.06. The predicted molar refractivity (Wildman–Crippen MR) is 76.5 cm³/mol. The molecule has 2 N–H and O–H groups in total. The fourth-order valence-electron chi connectivity index (χ4n) is 1.73. The molecule has 1 unspecified atom stereocenters. The van der Waals surface area contributed by atoms with Crippen LogP contribution in [0.15, 0.2) is 34.5 Å². The van der Waals surface area contributed by atoms with Crippen molar-refractivity contribution in [2.24, 2.45) is 16.1 Å². The number of nitrogens with zero attached hydrogens (tertiary/aromatic N) is 2. The molecule has 1 aliphatic heterocycles. The van der Waals surface area contributed by atoms with Crippen LogP contribution in [0.1, 0.15) is 18.9 Å². The summed E-state index contributed by atoms with van der Waals surface area (Å²) >= 11 is 5.83. The largest absolute Gasteiger partial charge is 0.273 e. The van der Waals surface area contributed by atoms with Crippen LogP contribution in [0.5, 0.6) is 0 Å². The van der Waals surface area contributed by atoms with Crippen LogP contribution in [0.3, 0.4) is 0 Å². The first-order valence-electron chi connectivity index (χ1n) is 5.98. The Morgan fingerprint density at radius 1 is 1.60 bits per heavy atom. The highest BCUT2D eigenvalue weighted by atomic mass is 35.5. The minimum absolute atomic E-state index is 0.0219. The van der Waals surface area contributed by atoms with E-state index in [4.69, 9.17) is 11.6 Å². The van der Waals surface area contributed by atoms with Gasteiger partial charge in [0.05, 0.1) is 12.1 Å². The van der Waals surface area contributed by atoms with Crippen molar-refractivity contribution in [3.63, 3.8) is 0 Å². The number of amides is 2. The summed E-state index contributed by atoms with van der Waals surface area (Å²) in [5.41, 5.74) is 6.07. The van der Waals surface area contributed by atoms with Gasteiger partial charge in [0.25, 0.3) is 0 Å². The number of rotatable bonds is 4. The molecule has 0 radical (unpaired) electrons. The van der Waals surface area contributed by atoms with Crippen LogP contribution in [0.2, 0.25) is 5.02 Å². The number of carbonyl (C=O) groups is 2. The highest BCUT2D eigenvalue weighted by Gasteiger charge is 2.28. The molecule has 1 aromatic rings. The zero-order chi connectivity index (χ0) is 14.5. The third kappa shape index (κ3) is 3.64. The van der Waals surface area contributed by atoms with E-state index < -0.39 is 5.92 Å². The summed E-state index contributed by atoms with van der Waals surface area (Å²) in [7, 11) is 0. The second-order valence-corrected chi connectivity index (χ2v) is 4.77. The zero-order valence-electron chi connectivity index (χ0n) is 10.8. The second kappa shape index (κ2) is 6.29. The van der Waals surface area contributed by atoms with Gasteiger partial charge in [0.1, 0.15) is 0 Å². The fraction of sp³-hybridized carbons (Fsp3) is 0.231. The molecule has 1 aromatic carbocycles. The molecule has 0 aliphatic carbocycles. The van der Waals surface area contributed by atoms with Crippen molar-refractivity contribution in [1.82, 2.24) is 10.9 Å². The van der Waals surface area contributed by atoms with Gasteiger partial charge in [0, 0.05) is 17.2 Å². The first kappa shape index (κ1) is 14.2. The maximum absolute atomic E-state index is 11.7. The van der Waals surface area contributed by atoms with Gasteiger partial charge in [-0.2, -0.15) is 10.2 Å². The van der Waals surface area contributed by atoms with E-state index in [1.54, 1.807) is 25.1 Å². The number of hydrogen-bond donors (Lipinski definition) is 2. The predicted octanol–water partition coefficient (Wildman–Crippen LogP) is 1.30. The molecular formula is C13H13ClN4O2. The molecule has 104 valence electrons. The summed E-state index contributed by atoms with van der Waals surface area (Å²) in [6.07, 6.45) is 1.51. The number of halogens is 1. The van der Waals surface area contributed by atoms with Crippen LogP contribution >= 0.6 is 11.6 Å². The molecule has 1 aliphatic rings. The van der Waals surface area contributed by atoms with E-state index in [2.05, 4.69) is 21.1 Å². The third-order valence-corrected chi connectivity index (χ3v) is 3.04. The van der Waals surface area contributed by atoms with Gasteiger partial charge >= 0.3 is 0 Å². The Bertz CT molecular complexity index is 598. The van der Waals surface area contributed by atoms with Gasteiger partial charge in [0.15, 0.2) is 0 Å². The molecule has 7 heteroatoms. The Kier molecular flexibility index (Phi) is 4.47. The van der Waals surface area contributed by atoms with Crippen molar-refractivity contribution >= 4 is 35.3 Å². The van der Waals surface area contributed by atoms with Crippen LogP contribution < -0.4 is 10.9 Å². The van der Waals surface area contributed by atoms with Crippen molar-refractivity contribution in [1.29, 1.82) is 0 Å². The summed E-state index contributed by atoms with van der Waals surface area (Å²) < 4.78 is 0. The van der Waals surface area contributed by atoms with Gasteiger partial charge < -0.3 is 0 Å². The van der Waals surface area contributed by atoms with Crippen LogP contribution in [-0.2, 0) is 9.59 Å². The Hall–Kier alpha value is -2.21. The van der Waals surface area contributed by atoms with E-state index in [1.807, 2.05) is 6.07 Å². The highest BCUT2D eigenvalue weighted by molar-refractivity contribution is 6.30. The monoisotopic (exact) mass is 292 g/mol. The van der Waals surface area contributed by atoms with Crippen LogP contribution in [0.4, 0.5) is 0 Å². The van der Waals surface area contributed by atoms with Gasteiger partial charge in [-0.15, -0.1) is 0 Å². The summed E-state index contributed by atoms with van der Waals surface area (Å²) in [5, 5.41) is 8.19. The minimum atomic E-state index is -0.517. The molecule has 0 spiro atoms. The average Bonchev–Trinajstić information content (AvgIpc) is 2.71. The number of carbonyl (C=O) groups excluding carboxylic acids is 2. The summed E-state index contributed by atoms with van der Waals surface area (Å²) in [4.78, 5) is 23.1. The maximum atomic E-state index is 11.7. The molecule has 0 saturated heterocycles. The summed E-state index contributed by atoms with van der Waals surface area (Å²) in [6.45, 7) is 1.70. The molecule has 0 aromatic heterocycles. The standard InChI is InChI=1S/C13H13ClN4O2/c1-8-11(13(20)18-16-8)6-12(19)17-15-7-9-3-2-4-10(14)5-9/h2-5,7,11H,6H2,1H3,(H,17,19)(H,18,20). The van der Waals surface area contributed by atoms with Gasteiger partial charge in [0.2, 0.25) is 11.8 Å². The number of benzene rings is 1. The molecule has 20 heavy (non-hydrogen) atoms. The topological polar surface area (TPSA) is 82.9 Å². The van der Waals surface area contributed by atoms with E-state index in [-0.39, 0.29) is 18.2 Å². The van der Waals surface area contributed by atoms with Crippen molar-refractivity contribution in [3.05, 3.63) is 34.9 Å². The summed E-state index contributed by atoms with van der Waals surface area (Å²) in [5.74, 6) is -1.13. The Morgan fingerprint density at radius 3 is 3.05 bits per heavy atom. The quantitative estimate of drug-likeness (QED) is 0.648. The molecule has 0 bridgehead atoms. The Balaban J connectivity index is 1.86. The van der Waals surface area contributed by atoms with Gasteiger partial charge in [-0.3, -0.25) is 9.59 Å². The lowest BCUT2D eigenvalue weighted by Gasteiger charge is -2.05. The third-order valence-electron chi connectivity index (χ3n) is 2.80. The first-order chi connectivity index (χ1) is 9.56. The minimum Gasteiger partial charge on any atom is -0.273 e. The normalized spacial score (nSPS) is 18.0. The molecule has 2 rings (SSSR count). The van der Waals surface area contributed by atoms with E-state index in [0.717, 1.165) is 5.56 Å². The van der Waals surface area contributed by atoms with Crippen molar-refractivity contribution in [3.8, 4) is 0 Å². The smallest absolute Gasteiger partial charge is 0.249 e. The first-order valence-corrected chi connectivity index (χ1v) is 6.35. The van der Waals surface area contributed by atoms with Crippen LogP contribution in [0.25, 0.3) is 0 Å². The molecule has 2 amide bonds. The molecule has 1 atom stereocenters. The fourth-order valence-corrected chi connectivity index (χ4v) is 1.92. The lowest BCUT2D eigenvalue weighted by atomic mass is 10.0. The van der Waals surface area contributed by atoms with Crippen LogP contribution in [-0.4, -0.2) is 23.7 Å². The van der Waals surface area contributed by atoms with Crippen molar-refractivity contribution in [2.75, 3.05) is 0 Å². The highest BCUT2D eigenvalue weighted by Crippen LogP contribution is 2.11. The van der Waals surface area contributed by atoms with Gasteiger partial charge in [-0.05, 0) is 24.6 Å². The molecule has 0 fully saturated rings. The van der Waals surface area contributed by atoms with Gasteiger partial charge in [-0.1, -0.05) is 23.7 Å². The lowest BCUT2D eigenvalue weighted by Crippen LogP contribution is -2.29. The molecule has 0 saturated carbocycles. The van der Waals surface area contributed by atoms with E-state index >= 15 is 0 Å². The molecule has 1 heterocycles. The number of nitrogens with one attached hydrogen (secondary N) is 2. The van der Waals surface area contributed by atoms with E-state index in [0.29, 0.717) is 10.7 Å². The number of hydrazone groups is 2. The van der Waals surface area contributed by atoms with Crippen molar-refractivity contribution < 1.29 is 9.59 Å². The molecular weight excluding hydrogens is 280 g/mol. The SMILES string of the molecule is CC1=NNC(=O)C1CC(=O)NN=Cc1cccc(Cl)c1. The zero-order valence-corrected chi connectivity index (χ0v) is 11.5. The lowest BCUT2D eigenvalue weighted by molar-refractivity contribution is -0.127. The van der Waals surface area contributed by atoms with E-state index in [9.17, 15) is 9.59 Å². The van der Waals surface area contributed by atoms with Crippen LogP contribution in [0, 0.1) is 5.92 Å². The Morgan fingerprint density at radius 2 is 2.40 bits per heavy atom. The average molecular weight is 293 g/mol. The second-order valence-electron chi connectivity index (χ2n) is 4.33. The molecule has 6 nitrogen and oxygen atoms in total. The van der Waals surface area contributed by atoms with Crippen molar-refractivity contribution in [2.45, 2.75) is 13.3 Å². The number of hydrogen-bond acceptors (Lipinski definition) is 4. The Labute approximate surface area is 120 Å². The maximum Gasteiger partial charge on any atom is 0.249 e. The van der Waals surface area contributed by atoms with E-state index in [1.165, 1.54) is 6.21 Å².